The number of imidazole rings is 2. The number of aryl methyl sites for hydroxylation is 3. The fraction of sp³-hybridized carbons (Fsp3) is 0.571. The summed E-state index contributed by atoms with van der Waals surface area (Å²) in [6, 6.07) is 0.605. The molecule has 0 saturated heterocycles. The van der Waals surface area contributed by atoms with Crippen molar-refractivity contribution in [2.75, 3.05) is 5.32 Å². The maximum Gasteiger partial charge on any atom is 0.203 e. The molecule has 0 radical (unpaired) electrons. The normalized spacial score (nSPS) is 16.1. The zero-order chi connectivity index (χ0) is 13.1. The minimum Gasteiger partial charge on any atom is -0.353 e. The summed E-state index contributed by atoms with van der Waals surface area (Å²) in [6.07, 6.45) is 13.0. The van der Waals surface area contributed by atoms with E-state index >= 15 is 0 Å². The van der Waals surface area contributed by atoms with Crippen LogP contribution in [0.25, 0.3) is 0 Å². The van der Waals surface area contributed by atoms with Crippen molar-refractivity contribution in [1.29, 1.82) is 0 Å². The lowest BCUT2D eigenvalue weighted by Crippen LogP contribution is -2.19. The van der Waals surface area contributed by atoms with Crippen molar-refractivity contribution in [3.8, 4) is 0 Å². The maximum atomic E-state index is 4.60. The third-order valence-electron chi connectivity index (χ3n) is 3.74. The summed E-state index contributed by atoms with van der Waals surface area (Å²) < 4.78 is 4.31. The highest BCUT2D eigenvalue weighted by Crippen LogP contribution is 2.22. The molecule has 0 atom stereocenters. The van der Waals surface area contributed by atoms with E-state index in [1.807, 2.05) is 25.6 Å². The van der Waals surface area contributed by atoms with Crippen LogP contribution in [0.2, 0.25) is 0 Å². The van der Waals surface area contributed by atoms with Crippen LogP contribution in [0.15, 0.2) is 24.9 Å². The Bertz CT molecular complexity index is 508. The standard InChI is InChI=1S/C14H21N5/c1-12-10-19(9-8-18-7-6-15-11-18)14(16-12)17-13-4-2-3-5-13/h6-7,10-11,13H,2-5,8-9H2,1H3,(H,16,17). The van der Waals surface area contributed by atoms with Crippen molar-refractivity contribution in [3.63, 3.8) is 0 Å². The van der Waals surface area contributed by atoms with E-state index in [0.29, 0.717) is 6.04 Å². The average molecular weight is 259 g/mol. The van der Waals surface area contributed by atoms with E-state index in [2.05, 4.69) is 30.6 Å². The second-order valence-electron chi connectivity index (χ2n) is 5.33. The van der Waals surface area contributed by atoms with Gasteiger partial charge in [0.05, 0.1) is 12.0 Å². The van der Waals surface area contributed by atoms with Crippen molar-refractivity contribution in [3.05, 3.63) is 30.6 Å². The smallest absolute Gasteiger partial charge is 0.203 e. The van der Waals surface area contributed by atoms with Crippen LogP contribution in [0, 0.1) is 6.92 Å². The molecule has 0 bridgehead atoms. The molecule has 1 aliphatic rings. The Labute approximate surface area is 113 Å². The van der Waals surface area contributed by atoms with Gasteiger partial charge in [-0.15, -0.1) is 0 Å². The van der Waals surface area contributed by atoms with Gasteiger partial charge in [-0.2, -0.15) is 0 Å². The van der Waals surface area contributed by atoms with Gasteiger partial charge in [0.1, 0.15) is 0 Å². The van der Waals surface area contributed by atoms with Crippen LogP contribution in [0.5, 0.6) is 0 Å². The summed E-state index contributed by atoms with van der Waals surface area (Å²) in [4.78, 5) is 8.67. The Morgan fingerprint density at radius 3 is 2.89 bits per heavy atom. The number of anilines is 1. The predicted molar refractivity (Wildman–Crippen MR) is 75.1 cm³/mol. The summed E-state index contributed by atoms with van der Waals surface area (Å²) in [7, 11) is 0. The second kappa shape index (κ2) is 5.47. The van der Waals surface area contributed by atoms with Gasteiger partial charge in [-0.1, -0.05) is 12.8 Å². The van der Waals surface area contributed by atoms with Crippen LogP contribution in [0.4, 0.5) is 5.95 Å². The van der Waals surface area contributed by atoms with Crippen LogP contribution >= 0.6 is 0 Å². The van der Waals surface area contributed by atoms with Gasteiger partial charge in [0.15, 0.2) is 0 Å². The lowest BCUT2D eigenvalue weighted by Gasteiger charge is -2.14. The molecular weight excluding hydrogens is 238 g/mol. The van der Waals surface area contributed by atoms with Gasteiger partial charge < -0.3 is 14.5 Å². The van der Waals surface area contributed by atoms with Crippen LogP contribution in [0.3, 0.4) is 0 Å². The Morgan fingerprint density at radius 2 is 2.16 bits per heavy atom. The fourth-order valence-electron chi connectivity index (χ4n) is 2.73. The Hall–Kier alpha value is -1.78. The molecule has 1 saturated carbocycles. The largest absolute Gasteiger partial charge is 0.353 e. The van der Waals surface area contributed by atoms with Crippen molar-refractivity contribution in [2.24, 2.45) is 0 Å². The summed E-state index contributed by atoms with van der Waals surface area (Å²) in [5.74, 6) is 1.02. The molecule has 2 aromatic rings. The van der Waals surface area contributed by atoms with Crippen LogP contribution < -0.4 is 5.32 Å². The van der Waals surface area contributed by atoms with Crippen molar-refractivity contribution in [2.45, 2.75) is 51.7 Å². The van der Waals surface area contributed by atoms with Gasteiger partial charge in [0.2, 0.25) is 5.95 Å². The van der Waals surface area contributed by atoms with Gasteiger partial charge in [0.25, 0.3) is 0 Å². The van der Waals surface area contributed by atoms with E-state index in [9.17, 15) is 0 Å². The molecule has 2 aromatic heterocycles. The first kappa shape index (κ1) is 12.3. The molecule has 5 nitrogen and oxygen atoms in total. The molecular formula is C14H21N5. The molecule has 19 heavy (non-hydrogen) atoms. The second-order valence-corrected chi connectivity index (χ2v) is 5.33. The topological polar surface area (TPSA) is 47.7 Å². The number of nitrogens with one attached hydrogen (secondary N) is 1. The summed E-state index contributed by atoms with van der Waals surface area (Å²) in [5, 5.41) is 3.59. The number of rotatable bonds is 5. The lowest BCUT2D eigenvalue weighted by molar-refractivity contribution is 0.577. The minimum absolute atomic E-state index is 0.605. The maximum absolute atomic E-state index is 4.60. The molecule has 0 unspecified atom stereocenters. The van der Waals surface area contributed by atoms with E-state index in [1.54, 1.807) is 0 Å². The third kappa shape index (κ3) is 2.97. The molecule has 3 rings (SSSR count). The molecule has 1 aliphatic carbocycles. The van der Waals surface area contributed by atoms with Crippen LogP contribution in [0.1, 0.15) is 31.4 Å². The highest BCUT2D eigenvalue weighted by Gasteiger charge is 2.17. The molecule has 0 aliphatic heterocycles. The predicted octanol–water partition coefficient (Wildman–Crippen LogP) is 2.44. The van der Waals surface area contributed by atoms with E-state index in [4.69, 9.17) is 0 Å². The van der Waals surface area contributed by atoms with E-state index in [0.717, 1.165) is 24.7 Å². The van der Waals surface area contributed by atoms with Crippen LogP contribution in [-0.4, -0.2) is 25.1 Å². The summed E-state index contributed by atoms with van der Waals surface area (Å²) in [6.45, 7) is 3.90. The van der Waals surface area contributed by atoms with Gasteiger partial charge >= 0.3 is 0 Å². The first-order valence-electron chi connectivity index (χ1n) is 7.07. The molecule has 2 heterocycles. The zero-order valence-corrected chi connectivity index (χ0v) is 11.4. The number of nitrogens with zero attached hydrogens (tertiary/aromatic N) is 4. The number of hydrogen-bond donors (Lipinski definition) is 1. The van der Waals surface area contributed by atoms with E-state index in [-0.39, 0.29) is 0 Å². The number of hydrogen-bond acceptors (Lipinski definition) is 3. The average Bonchev–Trinajstić information content (AvgIpc) is 3.10. The third-order valence-corrected chi connectivity index (χ3v) is 3.74. The van der Waals surface area contributed by atoms with Crippen molar-refractivity contribution in [1.82, 2.24) is 19.1 Å². The Balaban J connectivity index is 1.66. The van der Waals surface area contributed by atoms with E-state index < -0.39 is 0 Å². The minimum atomic E-state index is 0.605. The summed E-state index contributed by atoms with van der Waals surface area (Å²) >= 11 is 0. The zero-order valence-electron chi connectivity index (χ0n) is 11.4. The monoisotopic (exact) mass is 259 g/mol. The summed E-state index contributed by atoms with van der Waals surface area (Å²) in [5.41, 5.74) is 1.08. The number of aromatic nitrogens is 4. The first-order chi connectivity index (χ1) is 9.31. The quantitative estimate of drug-likeness (QED) is 0.897. The van der Waals surface area contributed by atoms with E-state index in [1.165, 1.54) is 25.7 Å². The van der Waals surface area contributed by atoms with Crippen LogP contribution in [-0.2, 0) is 13.1 Å². The highest BCUT2D eigenvalue weighted by molar-refractivity contribution is 5.30. The van der Waals surface area contributed by atoms with Crippen molar-refractivity contribution >= 4 is 5.95 Å². The molecule has 5 heteroatoms. The van der Waals surface area contributed by atoms with Gasteiger partial charge in [0, 0.05) is 37.7 Å². The SMILES string of the molecule is Cc1cn(CCn2ccnc2)c(NC2CCCC2)n1. The fourth-order valence-corrected chi connectivity index (χ4v) is 2.73. The Kier molecular flexibility index (Phi) is 3.53. The van der Waals surface area contributed by atoms with Gasteiger partial charge in [-0.3, -0.25) is 0 Å². The molecule has 1 fully saturated rings. The first-order valence-corrected chi connectivity index (χ1v) is 7.07. The lowest BCUT2D eigenvalue weighted by atomic mass is 10.2. The molecule has 0 amide bonds. The molecule has 0 aromatic carbocycles. The molecule has 1 N–H and O–H groups in total. The molecule has 102 valence electrons. The molecule has 0 spiro atoms. The van der Waals surface area contributed by atoms with Gasteiger partial charge in [-0.25, -0.2) is 9.97 Å². The van der Waals surface area contributed by atoms with Crippen molar-refractivity contribution < 1.29 is 0 Å². The Morgan fingerprint density at radius 1 is 1.32 bits per heavy atom. The van der Waals surface area contributed by atoms with Gasteiger partial charge in [-0.05, 0) is 19.8 Å². The highest BCUT2D eigenvalue weighted by atomic mass is 15.2.